The minimum atomic E-state index is -0.271. The Morgan fingerprint density at radius 1 is 1.14 bits per heavy atom. The Morgan fingerprint density at radius 2 is 1.93 bits per heavy atom. The van der Waals surface area contributed by atoms with Crippen molar-refractivity contribution in [2.75, 3.05) is 12.4 Å². The second-order valence-corrected chi connectivity index (χ2v) is 7.74. The zero-order chi connectivity index (χ0) is 20.4. The normalized spacial score (nSPS) is 10.9. The van der Waals surface area contributed by atoms with E-state index in [9.17, 15) is 4.79 Å². The van der Waals surface area contributed by atoms with E-state index in [1.54, 1.807) is 30.3 Å². The molecule has 29 heavy (non-hydrogen) atoms. The van der Waals surface area contributed by atoms with Crippen LogP contribution in [0.5, 0.6) is 5.75 Å². The predicted molar refractivity (Wildman–Crippen MR) is 117 cm³/mol. The molecule has 0 unspecified atom stereocenters. The van der Waals surface area contributed by atoms with E-state index in [0.717, 1.165) is 10.0 Å². The van der Waals surface area contributed by atoms with E-state index < -0.39 is 0 Å². The first kappa shape index (κ1) is 19.5. The number of benzene rings is 3. The van der Waals surface area contributed by atoms with E-state index in [2.05, 4.69) is 26.2 Å². The second kappa shape index (κ2) is 8.27. The fraction of sp³-hybridized carbons (Fsp3) is 0.0909. The summed E-state index contributed by atoms with van der Waals surface area (Å²) in [6, 6.07) is 18.2. The van der Waals surface area contributed by atoms with Gasteiger partial charge in [-0.2, -0.15) is 0 Å². The maximum absolute atomic E-state index is 12.7. The standard InChI is InChI=1S/C22H16BrClN2O3/c1-28-19-8-4-14(23)11-17(19)22(27)25-16-7-9-20-18(12-16)26-21(29-20)10-13-2-5-15(24)6-3-13/h2-9,11-12H,10H2,1H3,(H,25,27). The summed E-state index contributed by atoms with van der Waals surface area (Å²) in [5.41, 5.74) is 3.44. The maximum Gasteiger partial charge on any atom is 0.259 e. The highest BCUT2D eigenvalue weighted by atomic mass is 79.9. The molecule has 1 heterocycles. The average Bonchev–Trinajstić information content (AvgIpc) is 3.11. The number of halogens is 2. The van der Waals surface area contributed by atoms with E-state index in [1.807, 2.05) is 30.3 Å². The molecule has 0 spiro atoms. The molecule has 0 radical (unpaired) electrons. The Kier molecular flexibility index (Phi) is 5.56. The number of aromatic nitrogens is 1. The minimum absolute atomic E-state index is 0.271. The summed E-state index contributed by atoms with van der Waals surface area (Å²) in [7, 11) is 1.53. The number of methoxy groups -OCH3 is 1. The van der Waals surface area contributed by atoms with Crippen LogP contribution in [0.1, 0.15) is 21.8 Å². The average molecular weight is 472 g/mol. The van der Waals surface area contributed by atoms with E-state index in [4.69, 9.17) is 20.8 Å². The quantitative estimate of drug-likeness (QED) is 0.382. The van der Waals surface area contributed by atoms with Gasteiger partial charge in [-0.15, -0.1) is 0 Å². The molecule has 0 saturated heterocycles. The van der Waals surface area contributed by atoms with Gasteiger partial charge in [0.25, 0.3) is 5.91 Å². The Labute approximate surface area is 180 Å². The van der Waals surface area contributed by atoms with Gasteiger partial charge in [-0.3, -0.25) is 4.79 Å². The lowest BCUT2D eigenvalue weighted by Crippen LogP contribution is -2.13. The number of anilines is 1. The first-order valence-electron chi connectivity index (χ1n) is 8.80. The van der Waals surface area contributed by atoms with Crippen LogP contribution in [0, 0.1) is 0 Å². The molecule has 0 aliphatic heterocycles. The highest BCUT2D eigenvalue weighted by molar-refractivity contribution is 9.10. The molecule has 0 aliphatic rings. The molecule has 0 aliphatic carbocycles. The molecule has 3 aromatic carbocycles. The van der Waals surface area contributed by atoms with E-state index >= 15 is 0 Å². The van der Waals surface area contributed by atoms with Crippen molar-refractivity contribution < 1.29 is 13.9 Å². The molecular formula is C22H16BrClN2O3. The number of hydrogen-bond donors (Lipinski definition) is 1. The molecular weight excluding hydrogens is 456 g/mol. The summed E-state index contributed by atoms with van der Waals surface area (Å²) >= 11 is 9.31. The molecule has 1 N–H and O–H groups in total. The molecule has 0 bridgehead atoms. The van der Waals surface area contributed by atoms with Gasteiger partial charge >= 0.3 is 0 Å². The summed E-state index contributed by atoms with van der Waals surface area (Å²) in [6.07, 6.45) is 0.558. The third-order valence-corrected chi connectivity index (χ3v) is 5.11. The van der Waals surface area contributed by atoms with Crippen LogP contribution in [0.15, 0.2) is 69.6 Å². The number of carbonyl (C=O) groups is 1. The summed E-state index contributed by atoms with van der Waals surface area (Å²) in [5.74, 6) is 0.824. The largest absolute Gasteiger partial charge is 0.496 e. The number of fused-ring (bicyclic) bond motifs is 1. The number of hydrogen-bond acceptors (Lipinski definition) is 4. The first-order chi connectivity index (χ1) is 14.0. The molecule has 4 aromatic rings. The maximum atomic E-state index is 12.7. The van der Waals surface area contributed by atoms with Gasteiger partial charge in [-0.05, 0) is 54.1 Å². The van der Waals surface area contributed by atoms with Crippen LogP contribution in [0.3, 0.4) is 0 Å². The van der Waals surface area contributed by atoms with Crippen LogP contribution >= 0.6 is 27.5 Å². The Bertz CT molecular complexity index is 1190. The van der Waals surface area contributed by atoms with Crippen molar-refractivity contribution in [1.82, 2.24) is 4.98 Å². The van der Waals surface area contributed by atoms with Crippen LogP contribution in [-0.2, 0) is 6.42 Å². The van der Waals surface area contributed by atoms with Gasteiger partial charge < -0.3 is 14.5 Å². The molecule has 1 aromatic heterocycles. The number of nitrogens with zero attached hydrogens (tertiary/aromatic N) is 1. The first-order valence-corrected chi connectivity index (χ1v) is 9.98. The van der Waals surface area contributed by atoms with Gasteiger partial charge in [0, 0.05) is 21.6 Å². The number of rotatable bonds is 5. The molecule has 0 atom stereocenters. The lowest BCUT2D eigenvalue weighted by molar-refractivity contribution is 0.102. The van der Waals surface area contributed by atoms with Crippen molar-refractivity contribution in [2.24, 2.45) is 0 Å². The minimum Gasteiger partial charge on any atom is -0.496 e. The van der Waals surface area contributed by atoms with Gasteiger partial charge in [0.2, 0.25) is 0 Å². The molecule has 146 valence electrons. The van der Waals surface area contributed by atoms with Gasteiger partial charge in [0.15, 0.2) is 11.5 Å². The highest BCUT2D eigenvalue weighted by Crippen LogP contribution is 2.26. The van der Waals surface area contributed by atoms with Crippen molar-refractivity contribution in [3.8, 4) is 5.75 Å². The zero-order valence-electron chi connectivity index (χ0n) is 15.4. The third kappa shape index (κ3) is 4.44. The third-order valence-electron chi connectivity index (χ3n) is 4.36. The number of amides is 1. The Balaban J connectivity index is 1.55. The Morgan fingerprint density at radius 3 is 2.69 bits per heavy atom. The van der Waals surface area contributed by atoms with E-state index in [1.165, 1.54) is 7.11 Å². The van der Waals surface area contributed by atoms with Crippen molar-refractivity contribution in [1.29, 1.82) is 0 Å². The topological polar surface area (TPSA) is 64.4 Å². The SMILES string of the molecule is COc1ccc(Br)cc1C(=O)Nc1ccc2oc(Cc3ccc(Cl)cc3)nc2c1. The molecule has 4 rings (SSSR count). The summed E-state index contributed by atoms with van der Waals surface area (Å²) in [4.78, 5) is 17.2. The van der Waals surface area contributed by atoms with Crippen molar-refractivity contribution in [3.63, 3.8) is 0 Å². The molecule has 7 heteroatoms. The highest BCUT2D eigenvalue weighted by Gasteiger charge is 2.14. The second-order valence-electron chi connectivity index (χ2n) is 6.39. The fourth-order valence-corrected chi connectivity index (χ4v) is 3.45. The van der Waals surface area contributed by atoms with E-state index in [0.29, 0.717) is 45.4 Å². The number of carbonyl (C=O) groups excluding carboxylic acids is 1. The monoisotopic (exact) mass is 470 g/mol. The fourth-order valence-electron chi connectivity index (χ4n) is 2.96. The van der Waals surface area contributed by atoms with Crippen molar-refractivity contribution in [2.45, 2.75) is 6.42 Å². The van der Waals surface area contributed by atoms with Gasteiger partial charge in [0.05, 0.1) is 12.7 Å². The number of nitrogens with one attached hydrogen (secondary N) is 1. The van der Waals surface area contributed by atoms with Crippen LogP contribution in [0.25, 0.3) is 11.1 Å². The summed E-state index contributed by atoms with van der Waals surface area (Å²) < 4.78 is 11.9. The molecule has 0 fully saturated rings. The molecule has 5 nitrogen and oxygen atoms in total. The van der Waals surface area contributed by atoms with E-state index in [-0.39, 0.29) is 5.91 Å². The molecule has 1 amide bonds. The Hall–Kier alpha value is -2.83. The lowest BCUT2D eigenvalue weighted by atomic mass is 10.1. The lowest BCUT2D eigenvalue weighted by Gasteiger charge is -2.09. The van der Waals surface area contributed by atoms with Crippen LogP contribution < -0.4 is 10.1 Å². The molecule has 0 saturated carbocycles. The van der Waals surface area contributed by atoms with Crippen LogP contribution in [0.4, 0.5) is 5.69 Å². The summed E-state index contributed by atoms with van der Waals surface area (Å²) in [5, 5.41) is 3.57. The van der Waals surface area contributed by atoms with Crippen molar-refractivity contribution >= 4 is 50.2 Å². The van der Waals surface area contributed by atoms with Gasteiger partial charge in [-0.25, -0.2) is 4.98 Å². The number of ether oxygens (including phenoxy) is 1. The van der Waals surface area contributed by atoms with Gasteiger partial charge in [-0.1, -0.05) is 39.7 Å². The number of oxazole rings is 1. The van der Waals surface area contributed by atoms with Crippen molar-refractivity contribution in [3.05, 3.63) is 87.2 Å². The van der Waals surface area contributed by atoms with Gasteiger partial charge in [0.1, 0.15) is 11.3 Å². The van der Waals surface area contributed by atoms with Crippen LogP contribution in [0.2, 0.25) is 5.02 Å². The smallest absolute Gasteiger partial charge is 0.259 e. The summed E-state index contributed by atoms with van der Waals surface area (Å²) in [6.45, 7) is 0. The zero-order valence-corrected chi connectivity index (χ0v) is 17.8. The predicted octanol–water partition coefficient (Wildman–Crippen LogP) is 6.10. The van der Waals surface area contributed by atoms with Crippen LogP contribution in [-0.4, -0.2) is 18.0 Å².